The highest BCUT2D eigenvalue weighted by atomic mass is 14.9. The van der Waals surface area contributed by atoms with Gasteiger partial charge in [0.2, 0.25) is 0 Å². The van der Waals surface area contributed by atoms with Crippen molar-refractivity contribution in [2.45, 2.75) is 104 Å². The van der Waals surface area contributed by atoms with Crippen molar-refractivity contribution in [3.63, 3.8) is 0 Å². The van der Waals surface area contributed by atoms with Crippen LogP contribution in [0, 0.1) is 0 Å². The predicted molar refractivity (Wildman–Crippen MR) is 110 cm³/mol. The van der Waals surface area contributed by atoms with Gasteiger partial charge in [-0.2, -0.15) is 0 Å². The summed E-state index contributed by atoms with van der Waals surface area (Å²) in [4.78, 5) is 0. The van der Waals surface area contributed by atoms with E-state index in [1.807, 2.05) is 0 Å². The van der Waals surface area contributed by atoms with Gasteiger partial charge in [-0.1, -0.05) is 65.2 Å². The molecule has 0 aromatic heterocycles. The average molecular weight is 333 g/mol. The number of anilines is 2. The molecule has 0 aliphatic carbocycles. The third-order valence-corrected chi connectivity index (χ3v) is 4.69. The van der Waals surface area contributed by atoms with Crippen molar-refractivity contribution in [2.24, 2.45) is 0 Å². The van der Waals surface area contributed by atoms with Crippen molar-refractivity contribution in [3.8, 4) is 0 Å². The minimum atomic E-state index is 0.554. The molecule has 0 unspecified atom stereocenters. The first kappa shape index (κ1) is 20.9. The van der Waals surface area contributed by atoms with Crippen molar-refractivity contribution < 1.29 is 0 Å². The Kier molecular flexibility index (Phi) is 11.4. The maximum Gasteiger partial charge on any atom is 0.0343 e. The SMILES string of the molecule is CCCCCC[C@H](C)Nc1ccc(N[C@@H](C)CCCCCC)cc1. The quantitative estimate of drug-likeness (QED) is 0.351. The Morgan fingerprint density at radius 1 is 0.625 bits per heavy atom. The Morgan fingerprint density at radius 3 is 1.33 bits per heavy atom. The number of hydrogen-bond donors (Lipinski definition) is 2. The lowest BCUT2D eigenvalue weighted by Crippen LogP contribution is -2.16. The fourth-order valence-corrected chi connectivity index (χ4v) is 3.13. The lowest BCUT2D eigenvalue weighted by atomic mass is 10.1. The number of nitrogens with one attached hydrogen (secondary N) is 2. The summed E-state index contributed by atoms with van der Waals surface area (Å²) in [5, 5.41) is 7.24. The van der Waals surface area contributed by atoms with E-state index < -0.39 is 0 Å². The van der Waals surface area contributed by atoms with Gasteiger partial charge in [-0.3, -0.25) is 0 Å². The summed E-state index contributed by atoms with van der Waals surface area (Å²) in [6.07, 6.45) is 13.3. The van der Waals surface area contributed by atoms with Gasteiger partial charge in [0.25, 0.3) is 0 Å². The van der Waals surface area contributed by atoms with Crippen molar-refractivity contribution >= 4 is 11.4 Å². The summed E-state index contributed by atoms with van der Waals surface area (Å²) < 4.78 is 0. The molecule has 1 aromatic rings. The Hall–Kier alpha value is -1.18. The van der Waals surface area contributed by atoms with E-state index in [0.717, 1.165) is 0 Å². The van der Waals surface area contributed by atoms with Crippen molar-refractivity contribution in [1.82, 2.24) is 0 Å². The molecule has 0 spiro atoms. The van der Waals surface area contributed by atoms with Crippen LogP contribution in [0.2, 0.25) is 0 Å². The fraction of sp³-hybridized carbons (Fsp3) is 0.727. The van der Waals surface area contributed by atoms with Crippen LogP contribution in [-0.2, 0) is 0 Å². The molecular weight excluding hydrogens is 292 g/mol. The molecule has 2 heteroatoms. The topological polar surface area (TPSA) is 24.1 Å². The molecule has 0 saturated heterocycles. The van der Waals surface area contributed by atoms with E-state index >= 15 is 0 Å². The van der Waals surface area contributed by atoms with Crippen LogP contribution < -0.4 is 10.6 Å². The van der Waals surface area contributed by atoms with Crippen molar-refractivity contribution in [3.05, 3.63) is 24.3 Å². The Balaban J connectivity index is 2.26. The zero-order valence-corrected chi connectivity index (χ0v) is 16.5. The normalized spacial score (nSPS) is 13.5. The van der Waals surface area contributed by atoms with Crippen LogP contribution in [0.15, 0.2) is 24.3 Å². The first-order chi connectivity index (χ1) is 11.7. The third kappa shape index (κ3) is 9.85. The fourth-order valence-electron chi connectivity index (χ4n) is 3.13. The summed E-state index contributed by atoms with van der Waals surface area (Å²) >= 11 is 0. The number of rotatable bonds is 14. The molecule has 2 nitrogen and oxygen atoms in total. The number of benzene rings is 1. The molecular formula is C22H40N2. The second kappa shape index (κ2) is 13.1. The van der Waals surface area contributed by atoms with Crippen molar-refractivity contribution in [1.29, 1.82) is 0 Å². The molecule has 0 radical (unpaired) electrons. The molecule has 2 N–H and O–H groups in total. The second-order valence-electron chi connectivity index (χ2n) is 7.37. The van der Waals surface area contributed by atoms with Crippen LogP contribution in [0.4, 0.5) is 11.4 Å². The zero-order chi connectivity index (χ0) is 17.6. The standard InChI is InChI=1S/C22H40N2/c1-5-7-9-11-13-19(3)23-21-15-17-22(18-16-21)24-20(4)14-12-10-8-6-2/h15-20,23-24H,5-14H2,1-4H3/t19-,20-/m0/s1. The molecule has 138 valence electrons. The molecule has 0 aliphatic rings. The largest absolute Gasteiger partial charge is 0.383 e. The first-order valence-corrected chi connectivity index (χ1v) is 10.3. The minimum absolute atomic E-state index is 0.554. The minimum Gasteiger partial charge on any atom is -0.383 e. The Labute approximate surface area is 150 Å². The summed E-state index contributed by atoms with van der Waals surface area (Å²) in [5.41, 5.74) is 2.47. The molecule has 0 aliphatic heterocycles. The van der Waals surface area contributed by atoms with E-state index in [2.05, 4.69) is 62.6 Å². The van der Waals surface area contributed by atoms with Gasteiger partial charge in [-0.15, -0.1) is 0 Å². The lowest BCUT2D eigenvalue weighted by molar-refractivity contribution is 0.593. The third-order valence-electron chi connectivity index (χ3n) is 4.69. The van der Waals surface area contributed by atoms with Crippen LogP contribution in [0.3, 0.4) is 0 Å². The van der Waals surface area contributed by atoms with Gasteiger partial charge >= 0.3 is 0 Å². The predicted octanol–water partition coefficient (Wildman–Crippen LogP) is 7.23. The summed E-state index contributed by atoms with van der Waals surface area (Å²) in [6.45, 7) is 9.11. The molecule has 0 bridgehead atoms. The monoisotopic (exact) mass is 332 g/mol. The highest BCUT2D eigenvalue weighted by Crippen LogP contribution is 2.18. The molecule has 1 rings (SSSR count). The average Bonchev–Trinajstić information content (AvgIpc) is 2.57. The summed E-state index contributed by atoms with van der Waals surface area (Å²) in [7, 11) is 0. The molecule has 0 fully saturated rings. The van der Waals surface area contributed by atoms with Gasteiger partial charge in [0.15, 0.2) is 0 Å². The molecule has 2 atom stereocenters. The van der Waals surface area contributed by atoms with E-state index in [4.69, 9.17) is 0 Å². The van der Waals surface area contributed by atoms with Gasteiger partial charge in [0, 0.05) is 23.5 Å². The van der Waals surface area contributed by atoms with Crippen LogP contribution >= 0.6 is 0 Å². The van der Waals surface area contributed by atoms with Gasteiger partial charge in [-0.25, -0.2) is 0 Å². The number of unbranched alkanes of at least 4 members (excludes halogenated alkanes) is 6. The van der Waals surface area contributed by atoms with Gasteiger partial charge in [-0.05, 0) is 51.0 Å². The molecule has 0 saturated carbocycles. The highest BCUT2D eigenvalue weighted by molar-refractivity contribution is 5.54. The molecule has 24 heavy (non-hydrogen) atoms. The van der Waals surface area contributed by atoms with E-state index in [1.54, 1.807) is 0 Å². The van der Waals surface area contributed by atoms with E-state index in [1.165, 1.54) is 75.6 Å². The second-order valence-corrected chi connectivity index (χ2v) is 7.37. The van der Waals surface area contributed by atoms with Crippen LogP contribution in [0.5, 0.6) is 0 Å². The van der Waals surface area contributed by atoms with Crippen LogP contribution in [0.1, 0.15) is 91.9 Å². The van der Waals surface area contributed by atoms with Gasteiger partial charge in [0.1, 0.15) is 0 Å². The van der Waals surface area contributed by atoms with Crippen LogP contribution in [-0.4, -0.2) is 12.1 Å². The summed E-state index contributed by atoms with van der Waals surface area (Å²) in [6, 6.07) is 9.92. The molecule has 0 heterocycles. The molecule has 0 amide bonds. The van der Waals surface area contributed by atoms with Crippen molar-refractivity contribution in [2.75, 3.05) is 10.6 Å². The molecule has 1 aromatic carbocycles. The number of hydrogen-bond acceptors (Lipinski definition) is 2. The maximum absolute atomic E-state index is 3.62. The highest BCUT2D eigenvalue weighted by Gasteiger charge is 2.04. The van der Waals surface area contributed by atoms with E-state index in [-0.39, 0.29) is 0 Å². The smallest absolute Gasteiger partial charge is 0.0343 e. The van der Waals surface area contributed by atoms with Gasteiger partial charge in [0.05, 0.1) is 0 Å². The van der Waals surface area contributed by atoms with E-state index in [0.29, 0.717) is 12.1 Å². The first-order valence-electron chi connectivity index (χ1n) is 10.3. The lowest BCUT2D eigenvalue weighted by Gasteiger charge is -2.17. The zero-order valence-electron chi connectivity index (χ0n) is 16.5. The Morgan fingerprint density at radius 2 is 1.00 bits per heavy atom. The van der Waals surface area contributed by atoms with E-state index in [9.17, 15) is 0 Å². The van der Waals surface area contributed by atoms with Crippen LogP contribution in [0.25, 0.3) is 0 Å². The Bertz CT molecular complexity index is 360. The van der Waals surface area contributed by atoms with Gasteiger partial charge < -0.3 is 10.6 Å². The maximum atomic E-state index is 3.62. The summed E-state index contributed by atoms with van der Waals surface area (Å²) in [5.74, 6) is 0.